The summed E-state index contributed by atoms with van der Waals surface area (Å²) in [7, 11) is 0. The lowest BCUT2D eigenvalue weighted by molar-refractivity contribution is 0.0315. The summed E-state index contributed by atoms with van der Waals surface area (Å²) in [5, 5.41) is 3.36. The number of hydrogen-bond acceptors (Lipinski definition) is 5. The zero-order valence-electron chi connectivity index (χ0n) is 11.2. The van der Waals surface area contributed by atoms with E-state index < -0.39 is 0 Å². The molecule has 1 saturated heterocycles. The average Bonchev–Trinajstić information content (AvgIpc) is 2.84. The largest absolute Gasteiger partial charge is 0.486 e. The summed E-state index contributed by atoms with van der Waals surface area (Å²) in [6.45, 7) is 4.87. The molecular weight excluding hydrogens is 244 g/mol. The molecule has 0 aliphatic carbocycles. The van der Waals surface area contributed by atoms with E-state index in [4.69, 9.17) is 19.9 Å². The van der Waals surface area contributed by atoms with E-state index in [9.17, 15) is 0 Å². The maximum Gasteiger partial charge on any atom is 0.163 e. The second-order valence-corrected chi connectivity index (χ2v) is 5.34. The minimum Gasteiger partial charge on any atom is -0.486 e. The summed E-state index contributed by atoms with van der Waals surface area (Å²) in [6.07, 6.45) is 2.19. The van der Waals surface area contributed by atoms with Crippen LogP contribution in [0.3, 0.4) is 0 Å². The molecule has 5 nitrogen and oxygen atoms in total. The van der Waals surface area contributed by atoms with Crippen molar-refractivity contribution in [3.63, 3.8) is 0 Å². The van der Waals surface area contributed by atoms with Crippen LogP contribution in [0.15, 0.2) is 12.1 Å². The van der Waals surface area contributed by atoms with E-state index in [2.05, 4.69) is 12.2 Å². The first-order chi connectivity index (χ1) is 9.16. The molecule has 19 heavy (non-hydrogen) atoms. The molecular formula is C14H20N2O3. The predicted octanol–water partition coefficient (Wildman–Crippen LogP) is 2.02. The molecule has 3 N–H and O–H groups in total. The van der Waals surface area contributed by atoms with Crippen molar-refractivity contribution in [2.45, 2.75) is 25.4 Å². The third kappa shape index (κ3) is 2.56. The van der Waals surface area contributed by atoms with E-state index in [1.807, 2.05) is 12.1 Å². The molecule has 2 heterocycles. The first-order valence-electron chi connectivity index (χ1n) is 6.73. The summed E-state index contributed by atoms with van der Waals surface area (Å²) >= 11 is 0. The summed E-state index contributed by atoms with van der Waals surface area (Å²) < 4.78 is 16.8. The zero-order valence-corrected chi connectivity index (χ0v) is 11.2. The maximum absolute atomic E-state index is 6.03. The number of benzene rings is 1. The Balaban J connectivity index is 1.73. The molecule has 2 aliphatic rings. The van der Waals surface area contributed by atoms with Crippen molar-refractivity contribution < 1.29 is 14.2 Å². The number of nitrogens with two attached hydrogens (primary N) is 1. The van der Waals surface area contributed by atoms with E-state index in [1.165, 1.54) is 0 Å². The Hall–Kier alpha value is -1.62. The lowest BCUT2D eigenvalue weighted by atomic mass is 10.0. The quantitative estimate of drug-likeness (QED) is 0.818. The first kappa shape index (κ1) is 12.4. The first-order valence-corrected chi connectivity index (χ1v) is 6.73. The fourth-order valence-corrected chi connectivity index (χ4v) is 2.52. The van der Waals surface area contributed by atoms with Gasteiger partial charge in [0, 0.05) is 25.3 Å². The van der Waals surface area contributed by atoms with Crippen LogP contribution in [0.1, 0.15) is 19.8 Å². The van der Waals surface area contributed by atoms with Gasteiger partial charge < -0.3 is 25.3 Å². The van der Waals surface area contributed by atoms with Crippen LogP contribution in [0.25, 0.3) is 0 Å². The van der Waals surface area contributed by atoms with E-state index >= 15 is 0 Å². The number of nitrogens with one attached hydrogen (secondary N) is 1. The van der Waals surface area contributed by atoms with Crippen LogP contribution in [0.5, 0.6) is 11.5 Å². The van der Waals surface area contributed by atoms with Crippen LogP contribution >= 0.6 is 0 Å². The van der Waals surface area contributed by atoms with Crippen molar-refractivity contribution >= 4 is 11.4 Å². The number of hydrogen-bond donors (Lipinski definition) is 2. The Labute approximate surface area is 113 Å². The van der Waals surface area contributed by atoms with Crippen molar-refractivity contribution in [3.05, 3.63) is 12.1 Å². The predicted molar refractivity (Wildman–Crippen MR) is 73.9 cm³/mol. The molecule has 0 spiro atoms. The fraction of sp³-hybridized carbons (Fsp3) is 0.571. The molecule has 2 aliphatic heterocycles. The van der Waals surface area contributed by atoms with Crippen LogP contribution in [-0.4, -0.2) is 32.0 Å². The van der Waals surface area contributed by atoms with Crippen molar-refractivity contribution in [2.24, 2.45) is 0 Å². The molecule has 0 aromatic heterocycles. The number of anilines is 2. The van der Waals surface area contributed by atoms with Crippen LogP contribution in [0.4, 0.5) is 11.4 Å². The molecule has 1 unspecified atom stereocenters. The van der Waals surface area contributed by atoms with Crippen LogP contribution in [0.2, 0.25) is 0 Å². The lowest BCUT2D eigenvalue weighted by Gasteiger charge is -2.25. The van der Waals surface area contributed by atoms with E-state index in [-0.39, 0.29) is 5.60 Å². The molecule has 1 atom stereocenters. The van der Waals surface area contributed by atoms with Crippen molar-refractivity contribution in [1.82, 2.24) is 0 Å². The van der Waals surface area contributed by atoms with Gasteiger partial charge in [-0.25, -0.2) is 0 Å². The Morgan fingerprint density at radius 2 is 1.95 bits per heavy atom. The number of ether oxygens (including phenoxy) is 3. The molecule has 3 rings (SSSR count). The van der Waals surface area contributed by atoms with Gasteiger partial charge in [-0.1, -0.05) is 0 Å². The Morgan fingerprint density at radius 3 is 2.63 bits per heavy atom. The molecule has 5 heteroatoms. The molecule has 0 saturated carbocycles. The van der Waals surface area contributed by atoms with Crippen LogP contribution < -0.4 is 20.5 Å². The van der Waals surface area contributed by atoms with Gasteiger partial charge in [-0.2, -0.15) is 0 Å². The third-order valence-electron chi connectivity index (χ3n) is 3.67. The minimum atomic E-state index is -0.0975. The van der Waals surface area contributed by atoms with Gasteiger partial charge in [0.2, 0.25) is 0 Å². The summed E-state index contributed by atoms with van der Waals surface area (Å²) in [5.41, 5.74) is 7.48. The number of fused-ring (bicyclic) bond motifs is 1. The van der Waals surface area contributed by atoms with Crippen molar-refractivity contribution in [3.8, 4) is 11.5 Å². The van der Waals surface area contributed by atoms with Crippen LogP contribution in [-0.2, 0) is 4.74 Å². The van der Waals surface area contributed by atoms with Gasteiger partial charge in [0.1, 0.15) is 13.2 Å². The van der Waals surface area contributed by atoms with Crippen molar-refractivity contribution in [1.29, 1.82) is 0 Å². The van der Waals surface area contributed by atoms with Gasteiger partial charge in [0.25, 0.3) is 0 Å². The topological polar surface area (TPSA) is 65.7 Å². The van der Waals surface area contributed by atoms with Crippen molar-refractivity contribution in [2.75, 3.05) is 37.4 Å². The van der Waals surface area contributed by atoms with Gasteiger partial charge in [-0.05, 0) is 19.8 Å². The van der Waals surface area contributed by atoms with Gasteiger partial charge in [0.05, 0.1) is 17.0 Å². The average molecular weight is 264 g/mol. The molecule has 0 bridgehead atoms. The molecule has 1 fully saturated rings. The Morgan fingerprint density at radius 1 is 1.21 bits per heavy atom. The van der Waals surface area contributed by atoms with Gasteiger partial charge >= 0.3 is 0 Å². The summed E-state index contributed by atoms with van der Waals surface area (Å²) in [4.78, 5) is 0. The highest BCUT2D eigenvalue weighted by molar-refractivity contribution is 5.72. The van der Waals surface area contributed by atoms with E-state index in [0.717, 1.165) is 43.2 Å². The Bertz CT molecular complexity index is 470. The van der Waals surface area contributed by atoms with E-state index in [1.54, 1.807) is 0 Å². The highest BCUT2D eigenvalue weighted by Crippen LogP contribution is 2.37. The zero-order chi connectivity index (χ0) is 13.3. The molecule has 0 amide bonds. The smallest absolute Gasteiger partial charge is 0.163 e. The highest BCUT2D eigenvalue weighted by atomic mass is 16.6. The molecule has 1 aromatic carbocycles. The van der Waals surface area contributed by atoms with Gasteiger partial charge in [-0.15, -0.1) is 0 Å². The highest BCUT2D eigenvalue weighted by Gasteiger charge is 2.29. The lowest BCUT2D eigenvalue weighted by Crippen LogP contribution is -2.32. The number of rotatable bonds is 3. The van der Waals surface area contributed by atoms with Gasteiger partial charge in [0.15, 0.2) is 11.5 Å². The second-order valence-electron chi connectivity index (χ2n) is 5.34. The fourth-order valence-electron chi connectivity index (χ4n) is 2.52. The number of nitrogen functional groups attached to an aromatic ring is 1. The maximum atomic E-state index is 6.03. The molecule has 104 valence electrons. The summed E-state index contributed by atoms with van der Waals surface area (Å²) in [6, 6.07) is 3.72. The van der Waals surface area contributed by atoms with Gasteiger partial charge in [-0.3, -0.25) is 0 Å². The Kier molecular flexibility index (Phi) is 3.14. The minimum absolute atomic E-state index is 0.0975. The molecule has 0 radical (unpaired) electrons. The standard InChI is InChI=1S/C14H20N2O3/c1-14(3-2-4-19-14)9-16-11-8-13-12(7-10(11)15)17-5-6-18-13/h7-8,16H,2-6,9,15H2,1H3. The monoisotopic (exact) mass is 264 g/mol. The normalized spacial score (nSPS) is 25.3. The third-order valence-corrected chi connectivity index (χ3v) is 3.67. The SMILES string of the molecule is CC1(CNc2cc3c(cc2N)OCCO3)CCCO1. The van der Waals surface area contributed by atoms with Crippen LogP contribution in [0, 0.1) is 0 Å². The summed E-state index contributed by atoms with van der Waals surface area (Å²) in [5.74, 6) is 1.47. The van der Waals surface area contributed by atoms with E-state index in [0.29, 0.717) is 18.9 Å². The molecule has 1 aromatic rings. The second kappa shape index (κ2) is 4.81.